The van der Waals surface area contributed by atoms with Gasteiger partial charge in [0.1, 0.15) is 24.1 Å². The van der Waals surface area contributed by atoms with Crippen molar-refractivity contribution in [3.63, 3.8) is 0 Å². The third-order valence-electron chi connectivity index (χ3n) is 10.5. The number of rotatable bonds is 19. The van der Waals surface area contributed by atoms with Gasteiger partial charge < -0.3 is 18.8 Å². The molecule has 0 bridgehead atoms. The van der Waals surface area contributed by atoms with Crippen LogP contribution in [0.1, 0.15) is 84.2 Å². The Hall–Kier alpha value is -5.60. The van der Waals surface area contributed by atoms with Crippen molar-refractivity contribution in [3.05, 3.63) is 90.0 Å². The predicted octanol–water partition coefficient (Wildman–Crippen LogP) is 7.12. The predicted molar refractivity (Wildman–Crippen MR) is 208 cm³/mol. The van der Waals surface area contributed by atoms with Crippen molar-refractivity contribution in [2.45, 2.75) is 69.8 Å². The zero-order valence-corrected chi connectivity index (χ0v) is 31.8. The number of nitrogens with zero attached hydrogens (tertiary/aromatic N) is 4. The second-order valence-electron chi connectivity index (χ2n) is 14.5. The number of carbonyl (C=O) groups excluding carboxylic acids is 4. The van der Waals surface area contributed by atoms with E-state index >= 15 is 0 Å². The number of piperidine rings is 1. The quantitative estimate of drug-likeness (QED) is 0.0685. The van der Waals surface area contributed by atoms with Crippen molar-refractivity contribution in [1.29, 1.82) is 0 Å². The highest BCUT2D eigenvalue weighted by molar-refractivity contribution is 6.23. The van der Waals surface area contributed by atoms with Crippen LogP contribution < -0.4 is 10.1 Å². The molecule has 298 valence electrons. The molecule has 57 heavy (non-hydrogen) atoms. The van der Waals surface area contributed by atoms with E-state index in [-0.39, 0.29) is 36.3 Å². The first-order valence-electron chi connectivity index (χ1n) is 19.4. The summed E-state index contributed by atoms with van der Waals surface area (Å²) in [6.45, 7) is 1.18. The van der Waals surface area contributed by atoms with Gasteiger partial charge in [0.15, 0.2) is 0 Å². The Balaban J connectivity index is 0.719. The van der Waals surface area contributed by atoms with E-state index in [0.717, 1.165) is 76.4 Å². The number of halogens is 2. The van der Waals surface area contributed by atoms with Crippen LogP contribution in [0.3, 0.4) is 0 Å². The smallest absolute Gasteiger partial charge is 0.312 e. The summed E-state index contributed by atoms with van der Waals surface area (Å²) in [5, 5.41) is 4.34. The van der Waals surface area contributed by atoms with Crippen molar-refractivity contribution in [2.24, 2.45) is 7.05 Å². The van der Waals surface area contributed by atoms with Crippen LogP contribution in [0.4, 0.5) is 8.78 Å². The molecule has 0 saturated carbocycles. The summed E-state index contributed by atoms with van der Waals surface area (Å²) in [6, 6.07) is 14.7. The lowest BCUT2D eigenvalue weighted by atomic mass is 10.0. The Morgan fingerprint density at radius 3 is 2.23 bits per heavy atom. The third kappa shape index (κ3) is 8.87. The molecule has 14 heteroatoms. The molecule has 7 rings (SSSR count). The van der Waals surface area contributed by atoms with Crippen LogP contribution in [-0.2, 0) is 32.0 Å². The van der Waals surface area contributed by atoms with Gasteiger partial charge in [-0.25, -0.2) is 0 Å². The fraction of sp³-hybridized carbons (Fsp3) is 0.395. The minimum Gasteiger partial charge on any atom is -0.494 e. The Morgan fingerprint density at radius 2 is 1.47 bits per heavy atom. The lowest BCUT2D eigenvalue weighted by molar-refractivity contribution is -0.136. The number of benzene rings is 2. The summed E-state index contributed by atoms with van der Waals surface area (Å²) in [7, 11) is 2.00. The summed E-state index contributed by atoms with van der Waals surface area (Å²) in [6.07, 6.45) is 11.1. The maximum absolute atomic E-state index is 14.9. The molecule has 12 nitrogen and oxygen atoms in total. The number of aromatic nitrogens is 3. The maximum Gasteiger partial charge on any atom is 0.312 e. The molecule has 0 spiro atoms. The van der Waals surface area contributed by atoms with Crippen LogP contribution in [-0.4, -0.2) is 82.1 Å². The van der Waals surface area contributed by atoms with E-state index in [1.807, 2.05) is 37.5 Å². The van der Waals surface area contributed by atoms with E-state index in [0.29, 0.717) is 32.0 Å². The number of ether oxygens (including phenoxy) is 3. The van der Waals surface area contributed by atoms with Crippen LogP contribution in [0.2, 0.25) is 0 Å². The van der Waals surface area contributed by atoms with E-state index < -0.39 is 42.2 Å². The molecule has 1 saturated heterocycles. The van der Waals surface area contributed by atoms with E-state index in [2.05, 4.69) is 19.9 Å². The number of imide groups is 2. The highest BCUT2D eigenvalue weighted by Crippen LogP contribution is 2.33. The Labute approximate surface area is 328 Å². The van der Waals surface area contributed by atoms with Crippen molar-refractivity contribution in [1.82, 2.24) is 24.8 Å². The molecule has 5 aromatic rings. The topological polar surface area (TPSA) is 142 Å². The lowest BCUT2D eigenvalue weighted by Gasteiger charge is -2.27. The Bertz CT molecular complexity index is 2280. The molecule has 3 aromatic heterocycles. The highest BCUT2D eigenvalue weighted by atomic mass is 19.3. The number of pyridine rings is 2. The number of hydrogen-bond donors (Lipinski definition) is 1. The molecule has 5 heterocycles. The third-order valence-corrected chi connectivity index (χ3v) is 10.5. The van der Waals surface area contributed by atoms with Gasteiger partial charge in [-0.15, -0.1) is 0 Å². The molecule has 2 aromatic carbocycles. The van der Waals surface area contributed by atoms with Gasteiger partial charge in [0.2, 0.25) is 11.8 Å². The summed E-state index contributed by atoms with van der Waals surface area (Å²) < 4.78 is 48.7. The molecule has 4 amide bonds. The minimum atomic E-state index is -3.20. The van der Waals surface area contributed by atoms with Gasteiger partial charge in [0, 0.05) is 73.7 Å². The molecular formula is C43H45F2N5O7. The molecule has 0 radical (unpaired) electrons. The van der Waals surface area contributed by atoms with Gasteiger partial charge in [-0.05, 0) is 86.9 Å². The molecule has 1 unspecified atom stereocenters. The monoisotopic (exact) mass is 781 g/mol. The number of nitrogens with one attached hydrogen (secondary N) is 1. The largest absolute Gasteiger partial charge is 0.494 e. The van der Waals surface area contributed by atoms with Crippen molar-refractivity contribution >= 4 is 45.4 Å². The Morgan fingerprint density at radius 1 is 0.754 bits per heavy atom. The zero-order valence-electron chi connectivity index (χ0n) is 31.8. The molecule has 1 N–H and O–H groups in total. The number of carbonyl (C=O) groups is 4. The molecule has 0 aliphatic carbocycles. The van der Waals surface area contributed by atoms with E-state index in [1.165, 1.54) is 24.4 Å². The summed E-state index contributed by atoms with van der Waals surface area (Å²) in [5.74, 6) is -4.91. The first-order chi connectivity index (χ1) is 27.6. The first kappa shape index (κ1) is 39.6. The minimum absolute atomic E-state index is 0.0663. The molecule has 1 fully saturated rings. The molecular weight excluding hydrogens is 736 g/mol. The lowest BCUT2D eigenvalue weighted by Crippen LogP contribution is -2.54. The van der Waals surface area contributed by atoms with Gasteiger partial charge in [-0.2, -0.15) is 8.78 Å². The van der Waals surface area contributed by atoms with E-state index in [4.69, 9.17) is 14.2 Å². The van der Waals surface area contributed by atoms with E-state index in [9.17, 15) is 28.0 Å². The Kier molecular flexibility index (Phi) is 12.3. The molecule has 1 atom stereocenters. The van der Waals surface area contributed by atoms with Gasteiger partial charge in [0.05, 0.1) is 23.3 Å². The number of hydrogen-bond acceptors (Lipinski definition) is 9. The van der Waals surface area contributed by atoms with Gasteiger partial charge in [-0.3, -0.25) is 39.4 Å². The van der Waals surface area contributed by atoms with Crippen LogP contribution in [0.25, 0.3) is 32.9 Å². The van der Waals surface area contributed by atoms with Crippen molar-refractivity contribution in [3.8, 4) is 16.9 Å². The fourth-order valence-corrected chi connectivity index (χ4v) is 7.37. The average Bonchev–Trinajstić information content (AvgIpc) is 3.64. The van der Waals surface area contributed by atoms with Crippen LogP contribution in [0.5, 0.6) is 5.75 Å². The van der Waals surface area contributed by atoms with E-state index in [1.54, 1.807) is 18.3 Å². The number of alkyl halides is 2. The average molecular weight is 782 g/mol. The SMILES string of the molecule is Cn1c2ccncc2c2ccc(-c3ccc(C(F)(F)COCCCCCOCCCCCCOc4ccc5c(c4)C(=O)N(C4CCC(=O)NC4=O)C5=O)nc3)cc21. The summed E-state index contributed by atoms with van der Waals surface area (Å²) >= 11 is 0. The van der Waals surface area contributed by atoms with Crippen molar-refractivity contribution in [2.75, 3.05) is 33.0 Å². The van der Waals surface area contributed by atoms with Gasteiger partial charge >= 0.3 is 5.92 Å². The normalized spacial score (nSPS) is 15.8. The standard InChI is InChI=1S/C43H45F2N5O7/c1-49-35-17-18-46-26-34(35)31-12-9-28(23-37(31)49)29-10-15-38(47-25-29)43(44,45)27-56-21-7-4-6-20-55-19-5-2-3-8-22-57-30-11-13-32-33(24-30)42(54)50(41(32)53)36-14-16-39(51)48-40(36)52/h9-13,15,17-18,23-26,36H,2-8,14,16,19-22,27H2,1H3,(H,48,51,52). The van der Waals surface area contributed by atoms with Crippen molar-refractivity contribution < 1.29 is 42.2 Å². The number of unbranched alkanes of at least 4 members (excludes halogenated alkanes) is 5. The first-order valence-corrected chi connectivity index (χ1v) is 19.4. The van der Waals surface area contributed by atoms with Crippen LogP contribution >= 0.6 is 0 Å². The second-order valence-corrected chi connectivity index (χ2v) is 14.5. The zero-order chi connectivity index (χ0) is 39.9. The summed E-state index contributed by atoms with van der Waals surface area (Å²) in [5.41, 5.74) is 3.84. The van der Waals surface area contributed by atoms with Gasteiger partial charge in [0.25, 0.3) is 11.8 Å². The fourth-order valence-electron chi connectivity index (χ4n) is 7.37. The number of amides is 4. The maximum atomic E-state index is 14.9. The molecule has 2 aliphatic rings. The second kappa shape index (κ2) is 17.7. The molecule has 2 aliphatic heterocycles. The van der Waals surface area contributed by atoms with Gasteiger partial charge in [-0.1, -0.05) is 24.6 Å². The summed E-state index contributed by atoms with van der Waals surface area (Å²) in [4.78, 5) is 58.8. The van der Waals surface area contributed by atoms with Crippen LogP contribution in [0, 0.1) is 0 Å². The number of fused-ring (bicyclic) bond motifs is 4. The number of aryl methyl sites for hydroxylation is 1. The highest BCUT2D eigenvalue weighted by Gasteiger charge is 2.44. The van der Waals surface area contributed by atoms with Crippen LogP contribution in [0.15, 0.2) is 73.2 Å².